The van der Waals surface area contributed by atoms with Crippen molar-refractivity contribution in [3.8, 4) is 6.07 Å². The first-order valence-corrected chi connectivity index (χ1v) is 14.1. The minimum absolute atomic E-state index is 0.0583. The number of hydrogen-bond acceptors (Lipinski definition) is 6. The molecule has 3 aromatic rings. The lowest BCUT2D eigenvalue weighted by Gasteiger charge is -2.25. The molecule has 1 amide bonds. The lowest BCUT2D eigenvalue weighted by atomic mass is 9.92. The van der Waals surface area contributed by atoms with Crippen LogP contribution >= 0.6 is 0 Å². The Bertz CT molecular complexity index is 1600. The highest BCUT2D eigenvalue weighted by molar-refractivity contribution is 6.15. The zero-order chi connectivity index (χ0) is 28.8. The molecule has 0 aliphatic heterocycles. The second-order valence-corrected chi connectivity index (χ2v) is 10.6. The molecule has 0 aromatic heterocycles. The molecular weight excluding hydrogens is 508 g/mol. The number of benzene rings is 3. The molecule has 7 nitrogen and oxygen atoms in total. The van der Waals surface area contributed by atoms with Gasteiger partial charge in [-0.3, -0.25) is 9.79 Å². The van der Waals surface area contributed by atoms with Crippen LogP contribution in [0.15, 0.2) is 90.2 Å². The average molecular weight is 545 g/mol. The van der Waals surface area contributed by atoms with Crippen molar-refractivity contribution < 1.29 is 4.79 Å². The van der Waals surface area contributed by atoms with Crippen molar-refractivity contribution in [1.82, 2.24) is 16.0 Å². The normalized spacial score (nSPS) is 16.3. The number of carbonyl (C=O) groups excluding carboxylic acids is 1. The van der Waals surface area contributed by atoms with Crippen LogP contribution < -0.4 is 21.7 Å². The number of rotatable bonds is 12. The van der Waals surface area contributed by atoms with Gasteiger partial charge < -0.3 is 21.7 Å². The van der Waals surface area contributed by atoms with E-state index in [4.69, 9.17) is 16.0 Å². The summed E-state index contributed by atoms with van der Waals surface area (Å²) in [5.41, 5.74) is 12.5. The summed E-state index contributed by atoms with van der Waals surface area (Å²) >= 11 is 0. The molecule has 7 heteroatoms. The maximum absolute atomic E-state index is 12.2. The summed E-state index contributed by atoms with van der Waals surface area (Å²) in [6.07, 6.45) is 10.0. The van der Waals surface area contributed by atoms with E-state index in [1.54, 1.807) is 6.20 Å². The van der Waals surface area contributed by atoms with Crippen molar-refractivity contribution in [2.45, 2.75) is 50.7 Å². The molecule has 2 aliphatic rings. The van der Waals surface area contributed by atoms with Gasteiger partial charge in [0.25, 0.3) is 5.91 Å². The van der Waals surface area contributed by atoms with Gasteiger partial charge in [-0.05, 0) is 72.2 Å². The van der Waals surface area contributed by atoms with E-state index in [9.17, 15) is 4.79 Å². The van der Waals surface area contributed by atoms with Crippen LogP contribution in [0.2, 0.25) is 0 Å². The van der Waals surface area contributed by atoms with Crippen LogP contribution in [0.1, 0.15) is 54.9 Å². The van der Waals surface area contributed by atoms with Gasteiger partial charge in [-0.2, -0.15) is 5.26 Å². The van der Waals surface area contributed by atoms with E-state index < -0.39 is 0 Å². The molecule has 208 valence electrons. The Morgan fingerprint density at radius 1 is 1.12 bits per heavy atom. The second kappa shape index (κ2) is 12.1. The summed E-state index contributed by atoms with van der Waals surface area (Å²) in [4.78, 5) is 16.9. The maximum atomic E-state index is 12.2. The first-order chi connectivity index (χ1) is 20.0. The summed E-state index contributed by atoms with van der Waals surface area (Å²) < 4.78 is 0. The number of nitrogens with one attached hydrogen (secondary N) is 3. The van der Waals surface area contributed by atoms with Crippen LogP contribution in [0.3, 0.4) is 0 Å². The molecule has 0 atom stereocenters. The SMILES string of the molecule is C=C(NCc1ccccc1/C(=C/C)NC1(c2cc(/C(C=NC3CC3)=C/N)c3ccccc3c2)CC1)C(=O)NCC#N. The molecule has 2 fully saturated rings. The Labute approximate surface area is 241 Å². The van der Waals surface area contributed by atoms with E-state index in [0.29, 0.717) is 12.6 Å². The second-order valence-electron chi connectivity index (χ2n) is 10.6. The number of hydrogen-bond donors (Lipinski definition) is 4. The molecule has 5 N–H and O–H groups in total. The Balaban J connectivity index is 1.42. The van der Waals surface area contributed by atoms with Crippen LogP contribution in [0.5, 0.6) is 0 Å². The van der Waals surface area contributed by atoms with E-state index in [-0.39, 0.29) is 23.7 Å². The van der Waals surface area contributed by atoms with Crippen molar-refractivity contribution in [3.63, 3.8) is 0 Å². The van der Waals surface area contributed by atoms with Crippen LogP contribution in [0.4, 0.5) is 0 Å². The van der Waals surface area contributed by atoms with Gasteiger partial charge in [0.15, 0.2) is 0 Å². The lowest BCUT2D eigenvalue weighted by molar-refractivity contribution is -0.117. The van der Waals surface area contributed by atoms with Crippen LogP contribution in [-0.2, 0) is 16.9 Å². The predicted octanol–water partition coefficient (Wildman–Crippen LogP) is 5.26. The molecule has 0 bridgehead atoms. The number of amides is 1. The van der Waals surface area contributed by atoms with Gasteiger partial charge in [0, 0.05) is 35.8 Å². The summed E-state index contributed by atoms with van der Waals surface area (Å²) in [6, 6.07) is 23.4. The van der Waals surface area contributed by atoms with Gasteiger partial charge in [0.1, 0.15) is 6.54 Å². The van der Waals surface area contributed by atoms with Gasteiger partial charge >= 0.3 is 0 Å². The highest BCUT2D eigenvalue weighted by Gasteiger charge is 2.45. The van der Waals surface area contributed by atoms with Crippen molar-refractivity contribution in [2.24, 2.45) is 10.7 Å². The first-order valence-electron chi connectivity index (χ1n) is 14.1. The third-order valence-electron chi connectivity index (χ3n) is 7.69. The van der Waals surface area contributed by atoms with Crippen molar-refractivity contribution in [2.75, 3.05) is 6.54 Å². The number of aliphatic imine (C=N–C) groups is 1. The van der Waals surface area contributed by atoms with E-state index in [0.717, 1.165) is 59.0 Å². The fourth-order valence-corrected chi connectivity index (χ4v) is 5.05. The minimum Gasteiger partial charge on any atom is -0.404 e. The fourth-order valence-electron chi connectivity index (χ4n) is 5.05. The van der Waals surface area contributed by atoms with Crippen LogP contribution in [-0.4, -0.2) is 24.7 Å². The maximum Gasteiger partial charge on any atom is 0.267 e. The van der Waals surface area contributed by atoms with Crippen molar-refractivity contribution in [1.29, 1.82) is 5.26 Å². The molecule has 0 radical (unpaired) electrons. The van der Waals surface area contributed by atoms with Gasteiger partial charge in [0.05, 0.1) is 23.3 Å². The zero-order valence-electron chi connectivity index (χ0n) is 23.4. The quantitative estimate of drug-likeness (QED) is 0.141. The Kier molecular flexibility index (Phi) is 8.21. The van der Waals surface area contributed by atoms with E-state index in [1.165, 1.54) is 10.9 Å². The molecule has 2 aliphatic carbocycles. The first kappa shape index (κ1) is 27.7. The summed E-state index contributed by atoms with van der Waals surface area (Å²) in [6.45, 7) is 6.22. The smallest absolute Gasteiger partial charge is 0.267 e. The number of nitrogens with two attached hydrogens (primary N) is 1. The third kappa shape index (κ3) is 6.33. The largest absolute Gasteiger partial charge is 0.404 e. The Morgan fingerprint density at radius 3 is 2.59 bits per heavy atom. The fraction of sp³-hybridized carbons (Fsp3) is 0.265. The molecule has 5 rings (SSSR count). The predicted molar refractivity (Wildman–Crippen MR) is 166 cm³/mol. The highest BCUT2D eigenvalue weighted by Crippen LogP contribution is 2.48. The zero-order valence-corrected chi connectivity index (χ0v) is 23.4. The summed E-state index contributed by atoms with van der Waals surface area (Å²) in [5.74, 6) is -0.384. The number of nitrogens with zero attached hydrogens (tertiary/aromatic N) is 2. The Morgan fingerprint density at radius 2 is 1.88 bits per heavy atom. The van der Waals surface area contributed by atoms with Gasteiger partial charge in [-0.1, -0.05) is 61.2 Å². The molecule has 41 heavy (non-hydrogen) atoms. The lowest BCUT2D eigenvalue weighted by Crippen LogP contribution is -2.31. The van der Waals surface area contributed by atoms with E-state index >= 15 is 0 Å². The molecule has 0 heterocycles. The number of allylic oxidation sites excluding steroid dienone is 2. The molecule has 0 spiro atoms. The molecule has 3 aromatic carbocycles. The average Bonchev–Trinajstić information content (AvgIpc) is 3.94. The highest BCUT2D eigenvalue weighted by atomic mass is 16.2. The molecule has 2 saturated carbocycles. The number of nitriles is 1. The molecule has 0 unspecified atom stereocenters. The van der Waals surface area contributed by atoms with E-state index in [2.05, 4.69) is 71.1 Å². The summed E-state index contributed by atoms with van der Waals surface area (Å²) in [5, 5.41) is 20.6. The van der Waals surface area contributed by atoms with Crippen LogP contribution in [0, 0.1) is 11.3 Å². The van der Waals surface area contributed by atoms with Gasteiger partial charge in [-0.25, -0.2) is 0 Å². The van der Waals surface area contributed by atoms with Crippen LogP contribution in [0.25, 0.3) is 22.0 Å². The third-order valence-corrected chi connectivity index (χ3v) is 7.69. The summed E-state index contributed by atoms with van der Waals surface area (Å²) in [7, 11) is 0. The van der Waals surface area contributed by atoms with Crippen molar-refractivity contribution >= 4 is 34.2 Å². The van der Waals surface area contributed by atoms with E-state index in [1.807, 2.05) is 37.4 Å². The van der Waals surface area contributed by atoms with Gasteiger partial charge in [0.2, 0.25) is 0 Å². The topological polar surface area (TPSA) is 115 Å². The molecule has 0 saturated heterocycles. The monoisotopic (exact) mass is 544 g/mol. The molecular formula is C34H36N6O. The standard InChI is InChI=1S/C34H36N6O/c1-3-32(30-11-7-5-9-25(30)21-38-23(2)33(41)37-17-16-35)40-34(14-15-34)27-18-24-8-4-6-10-29(24)31(19-27)26(20-36)22-39-28-12-13-28/h3-11,18-20,22,28,38,40H,2,12-15,17,21,36H2,1H3,(H,37,41)/b26-20+,32-3-,39-22?. The number of fused-ring (bicyclic) bond motifs is 1. The van der Waals surface area contributed by atoms with Crippen molar-refractivity contribution in [3.05, 3.63) is 107 Å². The minimum atomic E-state index is -0.384. The van der Waals surface area contributed by atoms with Gasteiger partial charge in [-0.15, -0.1) is 0 Å². The number of carbonyl (C=O) groups is 1. The Hall–Kier alpha value is -4.83.